The zero-order valence-corrected chi connectivity index (χ0v) is 20.2. The number of piperazine rings is 1. The highest BCUT2D eigenvalue weighted by atomic mass is 127. The van der Waals surface area contributed by atoms with E-state index in [9.17, 15) is 4.79 Å². The van der Waals surface area contributed by atoms with Gasteiger partial charge >= 0.3 is 0 Å². The first-order chi connectivity index (χ1) is 13.1. The van der Waals surface area contributed by atoms with Gasteiger partial charge < -0.3 is 20.0 Å². The fourth-order valence-corrected chi connectivity index (χ4v) is 4.50. The average Bonchev–Trinajstić information content (AvgIpc) is 3.36. The van der Waals surface area contributed by atoms with E-state index in [0.29, 0.717) is 11.8 Å². The summed E-state index contributed by atoms with van der Waals surface area (Å²) in [5.41, 5.74) is 0. The summed E-state index contributed by atoms with van der Waals surface area (Å²) in [6.07, 6.45) is 3.57. The maximum atomic E-state index is 12.7. The molecule has 0 bridgehead atoms. The summed E-state index contributed by atoms with van der Waals surface area (Å²) in [5.74, 6) is 2.04. The van der Waals surface area contributed by atoms with Crippen LogP contribution in [0.25, 0.3) is 0 Å². The van der Waals surface area contributed by atoms with Crippen LogP contribution in [0.2, 0.25) is 0 Å². The Hall–Kier alpha value is -0.610. The summed E-state index contributed by atoms with van der Waals surface area (Å²) in [6, 6.07) is -0.00111. The molecule has 0 aromatic carbocycles. The highest BCUT2D eigenvalue weighted by Crippen LogP contribution is 2.16. The molecule has 0 radical (unpaired) electrons. The van der Waals surface area contributed by atoms with E-state index < -0.39 is 0 Å². The van der Waals surface area contributed by atoms with E-state index >= 15 is 0 Å². The third kappa shape index (κ3) is 6.19. The second-order valence-corrected chi connectivity index (χ2v) is 8.34. The molecular formula is C20H39IN6O. The summed E-state index contributed by atoms with van der Waals surface area (Å²) in [5, 5.41) is 3.47. The molecule has 3 aliphatic heterocycles. The van der Waals surface area contributed by atoms with Crippen LogP contribution in [0.1, 0.15) is 33.1 Å². The lowest BCUT2D eigenvalue weighted by Crippen LogP contribution is -2.57. The molecule has 3 heterocycles. The van der Waals surface area contributed by atoms with Crippen molar-refractivity contribution in [2.45, 2.75) is 39.2 Å². The Labute approximate surface area is 187 Å². The predicted molar refractivity (Wildman–Crippen MR) is 125 cm³/mol. The molecule has 2 unspecified atom stereocenters. The van der Waals surface area contributed by atoms with E-state index in [2.05, 4.69) is 40.9 Å². The minimum atomic E-state index is -0.00111. The number of hydrogen-bond donors (Lipinski definition) is 1. The van der Waals surface area contributed by atoms with E-state index in [-0.39, 0.29) is 30.0 Å². The fraction of sp³-hybridized carbons (Fsp3) is 0.900. The van der Waals surface area contributed by atoms with Crippen LogP contribution in [0.3, 0.4) is 0 Å². The van der Waals surface area contributed by atoms with Gasteiger partial charge in [-0.1, -0.05) is 0 Å². The van der Waals surface area contributed by atoms with Crippen molar-refractivity contribution in [3.05, 3.63) is 0 Å². The van der Waals surface area contributed by atoms with Crippen molar-refractivity contribution < 1.29 is 4.79 Å². The molecule has 7 nitrogen and oxygen atoms in total. The first kappa shape index (κ1) is 23.7. The van der Waals surface area contributed by atoms with E-state index in [4.69, 9.17) is 4.99 Å². The van der Waals surface area contributed by atoms with Crippen molar-refractivity contribution in [1.82, 2.24) is 24.9 Å². The van der Waals surface area contributed by atoms with Crippen molar-refractivity contribution >= 4 is 35.8 Å². The van der Waals surface area contributed by atoms with Gasteiger partial charge in [0.15, 0.2) is 5.96 Å². The second-order valence-electron chi connectivity index (χ2n) is 8.34. The van der Waals surface area contributed by atoms with Gasteiger partial charge in [0.05, 0.1) is 6.04 Å². The molecule has 0 aromatic rings. The normalized spacial score (nSPS) is 25.7. The van der Waals surface area contributed by atoms with Gasteiger partial charge in [0, 0.05) is 58.9 Å². The molecule has 2 atom stereocenters. The Bertz CT molecular complexity index is 517. The Kier molecular flexibility index (Phi) is 9.76. The van der Waals surface area contributed by atoms with Crippen molar-refractivity contribution in [3.63, 3.8) is 0 Å². The Morgan fingerprint density at radius 3 is 2.32 bits per heavy atom. The van der Waals surface area contributed by atoms with Gasteiger partial charge in [-0.3, -0.25) is 14.7 Å². The van der Waals surface area contributed by atoms with Gasteiger partial charge in [0.2, 0.25) is 5.91 Å². The van der Waals surface area contributed by atoms with Gasteiger partial charge in [-0.05, 0) is 52.6 Å². The van der Waals surface area contributed by atoms with Gasteiger partial charge in [0.1, 0.15) is 0 Å². The van der Waals surface area contributed by atoms with Crippen LogP contribution in [0.15, 0.2) is 4.99 Å². The van der Waals surface area contributed by atoms with Crippen LogP contribution in [0.4, 0.5) is 0 Å². The first-order valence-electron chi connectivity index (χ1n) is 10.8. The van der Waals surface area contributed by atoms with Crippen LogP contribution in [0, 0.1) is 5.92 Å². The number of aliphatic imine (C=N–C) groups is 1. The van der Waals surface area contributed by atoms with Gasteiger partial charge in [0.25, 0.3) is 0 Å². The SMILES string of the molecule is CCNC(=NCC1CCN(C)C1)N1CCN(C(C)C(=O)N2CCCC2)CC1.I. The number of rotatable bonds is 5. The summed E-state index contributed by atoms with van der Waals surface area (Å²) >= 11 is 0. The van der Waals surface area contributed by atoms with Gasteiger partial charge in [-0.2, -0.15) is 0 Å². The predicted octanol–water partition coefficient (Wildman–Crippen LogP) is 1.15. The van der Waals surface area contributed by atoms with Crippen molar-refractivity contribution in [1.29, 1.82) is 0 Å². The molecule has 3 fully saturated rings. The zero-order chi connectivity index (χ0) is 19.2. The Balaban J connectivity index is 0.00000280. The molecule has 0 aromatic heterocycles. The molecule has 162 valence electrons. The third-order valence-electron chi connectivity index (χ3n) is 6.26. The molecule has 1 amide bonds. The molecule has 0 aliphatic carbocycles. The number of carbonyl (C=O) groups excluding carboxylic acids is 1. The molecule has 28 heavy (non-hydrogen) atoms. The third-order valence-corrected chi connectivity index (χ3v) is 6.26. The van der Waals surface area contributed by atoms with E-state index in [1.165, 1.54) is 13.0 Å². The zero-order valence-electron chi connectivity index (χ0n) is 17.9. The van der Waals surface area contributed by atoms with Crippen LogP contribution in [0.5, 0.6) is 0 Å². The summed E-state index contributed by atoms with van der Waals surface area (Å²) < 4.78 is 0. The van der Waals surface area contributed by atoms with Gasteiger partial charge in [-0.15, -0.1) is 24.0 Å². The average molecular weight is 506 g/mol. The highest BCUT2D eigenvalue weighted by Gasteiger charge is 2.30. The Morgan fingerprint density at radius 2 is 1.75 bits per heavy atom. The van der Waals surface area contributed by atoms with Gasteiger partial charge in [-0.25, -0.2) is 0 Å². The summed E-state index contributed by atoms with van der Waals surface area (Å²) in [7, 11) is 2.19. The molecule has 0 saturated carbocycles. The van der Waals surface area contributed by atoms with Crippen LogP contribution in [-0.2, 0) is 4.79 Å². The number of nitrogens with one attached hydrogen (secondary N) is 1. The molecule has 3 aliphatic rings. The van der Waals surface area contributed by atoms with Crippen LogP contribution in [-0.4, -0.2) is 110 Å². The highest BCUT2D eigenvalue weighted by molar-refractivity contribution is 14.0. The number of guanidine groups is 1. The lowest BCUT2D eigenvalue weighted by molar-refractivity contribution is -0.135. The monoisotopic (exact) mass is 506 g/mol. The van der Waals surface area contributed by atoms with E-state index in [1.54, 1.807) is 0 Å². The summed E-state index contributed by atoms with van der Waals surface area (Å²) in [4.78, 5) is 26.7. The lowest BCUT2D eigenvalue weighted by atomic mass is 10.1. The minimum absolute atomic E-state index is 0. The smallest absolute Gasteiger partial charge is 0.239 e. The molecule has 0 spiro atoms. The molecule has 1 N–H and O–H groups in total. The fourth-order valence-electron chi connectivity index (χ4n) is 4.50. The molecule has 3 saturated heterocycles. The molecule has 3 rings (SSSR count). The maximum absolute atomic E-state index is 12.7. The topological polar surface area (TPSA) is 54.4 Å². The number of halogens is 1. The van der Waals surface area contributed by atoms with E-state index in [1.807, 2.05) is 4.90 Å². The standard InChI is InChI=1S/C20H38N6O.HI/c1-4-21-20(22-15-18-7-10-23(3)16-18)26-13-11-24(12-14-26)17(2)19(27)25-8-5-6-9-25;/h17-18H,4-16H2,1-3H3,(H,21,22);1H. The quantitative estimate of drug-likeness (QED) is 0.345. The largest absolute Gasteiger partial charge is 0.357 e. The number of nitrogens with zero attached hydrogens (tertiary/aromatic N) is 5. The van der Waals surface area contributed by atoms with Crippen LogP contribution >= 0.6 is 24.0 Å². The van der Waals surface area contributed by atoms with Crippen molar-refractivity contribution in [2.75, 3.05) is 72.5 Å². The van der Waals surface area contributed by atoms with Crippen molar-refractivity contribution in [2.24, 2.45) is 10.9 Å². The maximum Gasteiger partial charge on any atom is 0.239 e. The van der Waals surface area contributed by atoms with Crippen molar-refractivity contribution in [3.8, 4) is 0 Å². The summed E-state index contributed by atoms with van der Waals surface area (Å²) in [6.45, 7) is 14.0. The Morgan fingerprint density at radius 1 is 1.07 bits per heavy atom. The second kappa shape index (κ2) is 11.5. The van der Waals surface area contributed by atoms with E-state index in [0.717, 1.165) is 77.7 Å². The molecular weight excluding hydrogens is 467 g/mol. The number of likely N-dealkylation sites (tertiary alicyclic amines) is 2. The lowest BCUT2D eigenvalue weighted by Gasteiger charge is -2.39. The number of hydrogen-bond acceptors (Lipinski definition) is 4. The minimum Gasteiger partial charge on any atom is -0.357 e. The first-order valence-corrected chi connectivity index (χ1v) is 10.8. The molecule has 8 heteroatoms. The number of amides is 1. The van der Waals surface area contributed by atoms with Crippen LogP contribution < -0.4 is 5.32 Å². The number of carbonyl (C=O) groups is 1.